The van der Waals surface area contributed by atoms with Gasteiger partial charge in [0.25, 0.3) is 0 Å². The molecule has 0 saturated heterocycles. The van der Waals surface area contributed by atoms with Crippen LogP contribution < -0.4 is 5.32 Å². The van der Waals surface area contributed by atoms with Gasteiger partial charge in [0.1, 0.15) is 5.82 Å². The Balaban J connectivity index is 2.03. The molecule has 0 unspecified atom stereocenters. The highest BCUT2D eigenvalue weighted by Crippen LogP contribution is 2.18. The van der Waals surface area contributed by atoms with E-state index in [-0.39, 0.29) is 12.0 Å². The van der Waals surface area contributed by atoms with Gasteiger partial charge in [0.2, 0.25) is 0 Å². The standard InChI is InChI=1S/C14H19N5O2/c1-10-7-9-19(18-10)12-5-4-11(16-17-12)15-14(2,3)8-6-13(20)21/h4-5,7,9H,6,8H2,1-3H3,(H,15,16)(H,20,21). The molecular formula is C14H19N5O2. The predicted molar refractivity (Wildman–Crippen MR) is 78.5 cm³/mol. The third-order valence-electron chi connectivity index (χ3n) is 3.04. The molecule has 0 radical (unpaired) electrons. The Morgan fingerprint density at radius 1 is 1.33 bits per heavy atom. The predicted octanol–water partition coefficient (Wildman–Crippen LogP) is 2.03. The molecule has 0 aromatic carbocycles. The van der Waals surface area contributed by atoms with Gasteiger partial charge in [0.15, 0.2) is 5.82 Å². The van der Waals surface area contributed by atoms with Crippen molar-refractivity contribution >= 4 is 11.8 Å². The minimum atomic E-state index is -0.805. The number of aryl methyl sites for hydroxylation is 1. The van der Waals surface area contributed by atoms with E-state index in [2.05, 4.69) is 20.6 Å². The van der Waals surface area contributed by atoms with Crippen molar-refractivity contribution in [2.45, 2.75) is 39.2 Å². The van der Waals surface area contributed by atoms with Crippen LogP contribution in [0, 0.1) is 6.92 Å². The summed E-state index contributed by atoms with van der Waals surface area (Å²) in [6.45, 7) is 5.77. The largest absolute Gasteiger partial charge is 0.481 e. The van der Waals surface area contributed by atoms with Crippen LogP contribution in [0.5, 0.6) is 0 Å². The molecule has 0 fully saturated rings. The monoisotopic (exact) mass is 289 g/mol. The topological polar surface area (TPSA) is 92.9 Å². The normalized spacial score (nSPS) is 11.4. The Kier molecular flexibility index (Phi) is 4.21. The van der Waals surface area contributed by atoms with Gasteiger partial charge in [-0.2, -0.15) is 5.10 Å². The number of aromatic nitrogens is 4. The highest BCUT2D eigenvalue weighted by atomic mass is 16.4. The Labute approximate surface area is 123 Å². The summed E-state index contributed by atoms with van der Waals surface area (Å²) in [5.41, 5.74) is 0.547. The van der Waals surface area contributed by atoms with Crippen molar-refractivity contribution in [3.63, 3.8) is 0 Å². The number of anilines is 1. The highest BCUT2D eigenvalue weighted by Gasteiger charge is 2.19. The molecule has 0 saturated carbocycles. The van der Waals surface area contributed by atoms with E-state index >= 15 is 0 Å². The minimum Gasteiger partial charge on any atom is -0.481 e. The summed E-state index contributed by atoms with van der Waals surface area (Å²) >= 11 is 0. The summed E-state index contributed by atoms with van der Waals surface area (Å²) in [7, 11) is 0. The number of rotatable bonds is 6. The first-order valence-electron chi connectivity index (χ1n) is 6.72. The molecule has 0 aliphatic carbocycles. The van der Waals surface area contributed by atoms with Crippen molar-refractivity contribution < 1.29 is 9.90 Å². The Bertz CT molecular complexity index is 619. The minimum absolute atomic E-state index is 0.109. The van der Waals surface area contributed by atoms with Crippen molar-refractivity contribution in [3.8, 4) is 5.82 Å². The smallest absolute Gasteiger partial charge is 0.303 e. The molecular weight excluding hydrogens is 270 g/mol. The second kappa shape index (κ2) is 5.90. The third-order valence-corrected chi connectivity index (χ3v) is 3.04. The summed E-state index contributed by atoms with van der Waals surface area (Å²) in [6.07, 6.45) is 2.44. The molecule has 2 N–H and O–H groups in total. The average molecular weight is 289 g/mol. The van der Waals surface area contributed by atoms with Gasteiger partial charge >= 0.3 is 5.97 Å². The van der Waals surface area contributed by atoms with Crippen molar-refractivity contribution in [2.75, 3.05) is 5.32 Å². The zero-order valence-corrected chi connectivity index (χ0v) is 12.4. The number of carboxylic acid groups (broad SMARTS) is 1. The zero-order chi connectivity index (χ0) is 15.5. The lowest BCUT2D eigenvalue weighted by atomic mass is 9.98. The number of nitrogens with zero attached hydrogens (tertiary/aromatic N) is 4. The van der Waals surface area contributed by atoms with Crippen LogP contribution in [-0.4, -0.2) is 36.6 Å². The number of nitrogens with one attached hydrogen (secondary N) is 1. The van der Waals surface area contributed by atoms with Gasteiger partial charge in [0, 0.05) is 18.2 Å². The van der Waals surface area contributed by atoms with Gasteiger partial charge in [0.05, 0.1) is 5.69 Å². The molecule has 0 spiro atoms. The fourth-order valence-electron chi connectivity index (χ4n) is 1.89. The van der Waals surface area contributed by atoms with Crippen LogP contribution in [0.3, 0.4) is 0 Å². The molecule has 0 aliphatic rings. The van der Waals surface area contributed by atoms with E-state index in [0.29, 0.717) is 18.1 Å². The van der Waals surface area contributed by atoms with Gasteiger partial charge in [-0.05, 0) is 45.4 Å². The van der Waals surface area contributed by atoms with E-state index in [1.54, 1.807) is 4.68 Å². The molecule has 0 aliphatic heterocycles. The van der Waals surface area contributed by atoms with Gasteiger partial charge < -0.3 is 10.4 Å². The van der Waals surface area contributed by atoms with Crippen LogP contribution in [-0.2, 0) is 4.79 Å². The summed E-state index contributed by atoms with van der Waals surface area (Å²) < 4.78 is 1.65. The lowest BCUT2D eigenvalue weighted by Crippen LogP contribution is -2.32. The SMILES string of the molecule is Cc1ccn(-c2ccc(NC(C)(C)CCC(=O)O)nn2)n1. The van der Waals surface area contributed by atoms with E-state index < -0.39 is 5.97 Å². The molecule has 0 amide bonds. The molecule has 0 bridgehead atoms. The van der Waals surface area contributed by atoms with Crippen LogP contribution in [0.2, 0.25) is 0 Å². The Morgan fingerprint density at radius 2 is 2.10 bits per heavy atom. The zero-order valence-electron chi connectivity index (χ0n) is 12.4. The number of hydrogen-bond acceptors (Lipinski definition) is 5. The maximum atomic E-state index is 10.6. The van der Waals surface area contributed by atoms with Gasteiger partial charge in [-0.1, -0.05) is 0 Å². The van der Waals surface area contributed by atoms with E-state index in [9.17, 15) is 4.79 Å². The van der Waals surface area contributed by atoms with Crippen molar-refractivity contribution in [1.82, 2.24) is 20.0 Å². The molecule has 2 heterocycles. The summed E-state index contributed by atoms with van der Waals surface area (Å²) in [6, 6.07) is 5.51. The summed E-state index contributed by atoms with van der Waals surface area (Å²) in [4.78, 5) is 10.6. The van der Waals surface area contributed by atoms with Crippen LogP contribution in [0.4, 0.5) is 5.82 Å². The number of aliphatic carboxylic acids is 1. The van der Waals surface area contributed by atoms with Gasteiger partial charge in [-0.25, -0.2) is 4.68 Å². The van der Waals surface area contributed by atoms with E-state index in [1.165, 1.54) is 0 Å². The lowest BCUT2D eigenvalue weighted by Gasteiger charge is -2.25. The number of carbonyl (C=O) groups is 1. The molecule has 2 rings (SSSR count). The van der Waals surface area contributed by atoms with Crippen molar-refractivity contribution in [1.29, 1.82) is 0 Å². The van der Waals surface area contributed by atoms with E-state index in [4.69, 9.17) is 5.11 Å². The Hall–Kier alpha value is -2.44. The maximum absolute atomic E-state index is 10.6. The van der Waals surface area contributed by atoms with Crippen LogP contribution in [0.1, 0.15) is 32.4 Å². The quantitative estimate of drug-likeness (QED) is 0.845. The van der Waals surface area contributed by atoms with Crippen LogP contribution in [0.15, 0.2) is 24.4 Å². The second-order valence-corrected chi connectivity index (χ2v) is 5.58. The van der Waals surface area contributed by atoms with Gasteiger partial charge in [-0.15, -0.1) is 10.2 Å². The fourth-order valence-corrected chi connectivity index (χ4v) is 1.89. The van der Waals surface area contributed by atoms with Crippen LogP contribution in [0.25, 0.3) is 5.82 Å². The molecule has 21 heavy (non-hydrogen) atoms. The van der Waals surface area contributed by atoms with Crippen LogP contribution >= 0.6 is 0 Å². The number of hydrogen-bond donors (Lipinski definition) is 2. The second-order valence-electron chi connectivity index (χ2n) is 5.58. The molecule has 2 aromatic rings. The lowest BCUT2D eigenvalue weighted by molar-refractivity contribution is -0.137. The van der Waals surface area contributed by atoms with E-state index in [0.717, 1.165) is 5.69 Å². The average Bonchev–Trinajstić information content (AvgIpc) is 2.84. The summed E-state index contributed by atoms with van der Waals surface area (Å²) in [5.74, 6) is 0.440. The molecule has 2 aromatic heterocycles. The first-order valence-corrected chi connectivity index (χ1v) is 6.72. The van der Waals surface area contributed by atoms with Gasteiger partial charge in [-0.3, -0.25) is 4.79 Å². The number of carboxylic acids is 1. The van der Waals surface area contributed by atoms with E-state index in [1.807, 2.05) is 45.2 Å². The first-order chi connectivity index (χ1) is 9.85. The maximum Gasteiger partial charge on any atom is 0.303 e. The van der Waals surface area contributed by atoms with Crippen molar-refractivity contribution in [2.24, 2.45) is 0 Å². The fraction of sp³-hybridized carbons (Fsp3) is 0.429. The van der Waals surface area contributed by atoms with Crippen molar-refractivity contribution in [3.05, 3.63) is 30.1 Å². The molecule has 0 atom stereocenters. The highest BCUT2D eigenvalue weighted by molar-refractivity contribution is 5.66. The molecule has 7 heteroatoms. The molecule has 7 nitrogen and oxygen atoms in total. The first kappa shape index (κ1) is 15.0. The Morgan fingerprint density at radius 3 is 2.62 bits per heavy atom. The summed E-state index contributed by atoms with van der Waals surface area (Å²) in [5, 5.41) is 24.4. The molecule has 112 valence electrons. The third kappa shape index (κ3) is 4.27.